The van der Waals surface area contributed by atoms with Crippen molar-refractivity contribution in [3.8, 4) is 0 Å². The summed E-state index contributed by atoms with van der Waals surface area (Å²) in [4.78, 5) is 12.3. The van der Waals surface area contributed by atoms with Crippen LogP contribution in [0.25, 0.3) is 10.9 Å². The molecule has 5 nitrogen and oxygen atoms in total. The van der Waals surface area contributed by atoms with Crippen LogP contribution in [0.2, 0.25) is 0 Å². The Labute approximate surface area is 123 Å². The third-order valence-electron chi connectivity index (χ3n) is 3.31. The van der Waals surface area contributed by atoms with Gasteiger partial charge in [-0.25, -0.2) is 4.79 Å². The average molecular weight is 288 g/mol. The number of hydrogen-bond acceptors (Lipinski definition) is 4. The first-order chi connectivity index (χ1) is 9.85. The zero-order chi connectivity index (χ0) is 15.2. The second kappa shape index (κ2) is 4.77. The molecule has 3 rings (SSSR count). The molecule has 2 atom stereocenters. The highest BCUT2D eigenvalue weighted by atomic mass is 16.6. The van der Waals surface area contributed by atoms with Gasteiger partial charge in [0, 0.05) is 11.6 Å². The van der Waals surface area contributed by atoms with Crippen LogP contribution >= 0.6 is 0 Å². The van der Waals surface area contributed by atoms with Crippen molar-refractivity contribution < 1.29 is 14.3 Å². The van der Waals surface area contributed by atoms with E-state index in [2.05, 4.69) is 5.32 Å². The standard InChI is InChI=1S/C16H20N2O3/c1-10-14(20-10)17-12-9-18(15(19)21-16(2,3)4)13-8-6-5-7-11(12)13/h5-10,14,17H,1-4H3. The number of para-hydroxylation sites is 1. The zero-order valence-corrected chi connectivity index (χ0v) is 12.7. The summed E-state index contributed by atoms with van der Waals surface area (Å²) in [5.41, 5.74) is 1.18. The van der Waals surface area contributed by atoms with Gasteiger partial charge in [0.2, 0.25) is 0 Å². The van der Waals surface area contributed by atoms with E-state index in [1.807, 2.05) is 52.0 Å². The number of carbonyl (C=O) groups is 1. The predicted molar refractivity (Wildman–Crippen MR) is 81.5 cm³/mol. The SMILES string of the molecule is CC1OC1Nc1cn(C(=O)OC(C)(C)C)c2ccccc12. The van der Waals surface area contributed by atoms with Gasteiger partial charge in [0.1, 0.15) is 11.7 Å². The molecule has 1 aromatic heterocycles. The Morgan fingerprint density at radius 2 is 2.00 bits per heavy atom. The maximum Gasteiger partial charge on any atom is 0.419 e. The van der Waals surface area contributed by atoms with Crippen LogP contribution in [0.5, 0.6) is 0 Å². The molecule has 0 radical (unpaired) electrons. The molecule has 1 aromatic carbocycles. The van der Waals surface area contributed by atoms with Gasteiger partial charge in [0.15, 0.2) is 6.23 Å². The molecule has 1 fully saturated rings. The number of hydrogen-bond donors (Lipinski definition) is 1. The van der Waals surface area contributed by atoms with E-state index >= 15 is 0 Å². The first-order valence-corrected chi connectivity index (χ1v) is 7.10. The van der Waals surface area contributed by atoms with Crippen LogP contribution in [0.15, 0.2) is 30.5 Å². The van der Waals surface area contributed by atoms with Crippen LogP contribution in [0, 0.1) is 0 Å². The lowest BCUT2D eigenvalue weighted by Crippen LogP contribution is -2.26. The number of carbonyl (C=O) groups excluding carboxylic acids is 1. The van der Waals surface area contributed by atoms with E-state index in [4.69, 9.17) is 9.47 Å². The molecular formula is C16H20N2O3. The molecular weight excluding hydrogens is 268 g/mol. The van der Waals surface area contributed by atoms with Crippen molar-refractivity contribution in [1.29, 1.82) is 0 Å². The summed E-state index contributed by atoms with van der Waals surface area (Å²) in [5.74, 6) is 0. The Balaban J connectivity index is 1.96. The van der Waals surface area contributed by atoms with Gasteiger partial charge < -0.3 is 14.8 Å². The smallest absolute Gasteiger partial charge is 0.419 e. The Bertz CT molecular complexity index is 684. The molecule has 0 amide bonds. The van der Waals surface area contributed by atoms with Crippen molar-refractivity contribution >= 4 is 22.7 Å². The third kappa shape index (κ3) is 2.88. The highest BCUT2D eigenvalue weighted by Gasteiger charge is 2.35. The summed E-state index contributed by atoms with van der Waals surface area (Å²) in [7, 11) is 0. The fourth-order valence-corrected chi connectivity index (χ4v) is 2.25. The van der Waals surface area contributed by atoms with Crippen molar-refractivity contribution in [2.75, 3.05) is 5.32 Å². The maximum absolute atomic E-state index is 12.3. The minimum absolute atomic E-state index is 0.0166. The third-order valence-corrected chi connectivity index (χ3v) is 3.31. The van der Waals surface area contributed by atoms with Crippen molar-refractivity contribution in [2.45, 2.75) is 45.6 Å². The average Bonchev–Trinajstić information content (AvgIpc) is 2.95. The molecule has 2 heterocycles. The summed E-state index contributed by atoms with van der Waals surface area (Å²) < 4.78 is 12.4. The summed E-state index contributed by atoms with van der Waals surface area (Å²) in [6.45, 7) is 7.57. The Morgan fingerprint density at radius 3 is 2.62 bits per heavy atom. The fourth-order valence-electron chi connectivity index (χ4n) is 2.25. The van der Waals surface area contributed by atoms with Gasteiger partial charge in [0.25, 0.3) is 0 Å². The lowest BCUT2D eigenvalue weighted by molar-refractivity contribution is 0.0544. The molecule has 112 valence electrons. The highest BCUT2D eigenvalue weighted by molar-refractivity contribution is 5.98. The van der Waals surface area contributed by atoms with E-state index in [0.717, 1.165) is 16.6 Å². The van der Waals surface area contributed by atoms with Gasteiger partial charge >= 0.3 is 6.09 Å². The second-order valence-corrected chi connectivity index (χ2v) is 6.32. The Hall–Kier alpha value is -2.01. The van der Waals surface area contributed by atoms with E-state index in [1.54, 1.807) is 6.20 Å². The van der Waals surface area contributed by atoms with Crippen LogP contribution in [0.4, 0.5) is 10.5 Å². The molecule has 2 aromatic rings. The lowest BCUT2D eigenvalue weighted by atomic mass is 10.2. The van der Waals surface area contributed by atoms with E-state index in [9.17, 15) is 4.79 Å². The molecule has 1 aliphatic heterocycles. The summed E-state index contributed by atoms with van der Waals surface area (Å²) in [6.07, 6.45) is 1.61. The molecule has 0 aliphatic carbocycles. The number of aromatic nitrogens is 1. The van der Waals surface area contributed by atoms with Crippen molar-refractivity contribution in [3.05, 3.63) is 30.5 Å². The molecule has 2 unspecified atom stereocenters. The number of ether oxygens (including phenoxy) is 2. The molecule has 1 N–H and O–H groups in total. The molecule has 1 aliphatic rings. The minimum atomic E-state index is -0.524. The van der Waals surface area contributed by atoms with Gasteiger partial charge in [-0.2, -0.15) is 0 Å². The zero-order valence-electron chi connectivity index (χ0n) is 12.7. The summed E-state index contributed by atoms with van der Waals surface area (Å²) in [5, 5.41) is 4.27. The number of benzene rings is 1. The van der Waals surface area contributed by atoms with Crippen LogP contribution in [-0.4, -0.2) is 28.6 Å². The quantitative estimate of drug-likeness (QED) is 0.858. The van der Waals surface area contributed by atoms with E-state index in [0.29, 0.717) is 0 Å². The van der Waals surface area contributed by atoms with Crippen LogP contribution in [0.1, 0.15) is 27.7 Å². The molecule has 0 saturated carbocycles. The van der Waals surface area contributed by atoms with Crippen LogP contribution < -0.4 is 5.32 Å². The normalized spacial score (nSPS) is 21.3. The maximum atomic E-state index is 12.3. The molecule has 1 saturated heterocycles. The van der Waals surface area contributed by atoms with Gasteiger partial charge in [-0.05, 0) is 33.8 Å². The van der Waals surface area contributed by atoms with E-state index in [-0.39, 0.29) is 18.4 Å². The van der Waals surface area contributed by atoms with Crippen molar-refractivity contribution in [1.82, 2.24) is 4.57 Å². The number of fused-ring (bicyclic) bond motifs is 1. The highest BCUT2D eigenvalue weighted by Crippen LogP contribution is 2.31. The molecule has 5 heteroatoms. The fraction of sp³-hybridized carbons (Fsp3) is 0.438. The second-order valence-electron chi connectivity index (χ2n) is 6.32. The topological polar surface area (TPSA) is 55.8 Å². The van der Waals surface area contributed by atoms with Crippen molar-refractivity contribution in [3.63, 3.8) is 0 Å². The number of anilines is 1. The molecule has 0 bridgehead atoms. The monoisotopic (exact) mass is 288 g/mol. The minimum Gasteiger partial charge on any atom is -0.443 e. The Morgan fingerprint density at radius 1 is 1.33 bits per heavy atom. The number of rotatable bonds is 2. The van der Waals surface area contributed by atoms with E-state index < -0.39 is 5.60 Å². The Kier molecular flexibility index (Phi) is 3.17. The first kappa shape index (κ1) is 13.9. The van der Waals surface area contributed by atoms with Gasteiger partial charge in [-0.1, -0.05) is 18.2 Å². The summed E-state index contributed by atoms with van der Waals surface area (Å²) in [6, 6.07) is 7.74. The van der Waals surface area contributed by atoms with Gasteiger partial charge in [-0.15, -0.1) is 0 Å². The molecule has 0 spiro atoms. The van der Waals surface area contributed by atoms with Gasteiger partial charge in [0.05, 0.1) is 11.2 Å². The first-order valence-electron chi connectivity index (χ1n) is 7.10. The van der Waals surface area contributed by atoms with E-state index in [1.165, 1.54) is 4.57 Å². The number of epoxide rings is 1. The summed E-state index contributed by atoms with van der Waals surface area (Å²) >= 11 is 0. The van der Waals surface area contributed by atoms with Crippen LogP contribution in [-0.2, 0) is 9.47 Å². The largest absolute Gasteiger partial charge is 0.443 e. The van der Waals surface area contributed by atoms with Gasteiger partial charge in [-0.3, -0.25) is 4.57 Å². The molecule has 21 heavy (non-hydrogen) atoms. The van der Waals surface area contributed by atoms with Crippen LogP contribution in [0.3, 0.4) is 0 Å². The van der Waals surface area contributed by atoms with Crippen molar-refractivity contribution in [2.24, 2.45) is 0 Å². The number of nitrogens with one attached hydrogen (secondary N) is 1. The predicted octanol–water partition coefficient (Wildman–Crippen LogP) is 3.58. The number of nitrogens with zero attached hydrogens (tertiary/aromatic N) is 1. The lowest BCUT2D eigenvalue weighted by Gasteiger charge is -2.19.